The molecule has 0 fully saturated rings. The Morgan fingerprint density at radius 3 is 2.64 bits per heavy atom. The maximum Gasteiger partial charge on any atom is 0.273 e. The molecule has 4 rings (SSSR count). The molecule has 2 heterocycles. The highest BCUT2D eigenvalue weighted by Gasteiger charge is 2.23. The van der Waals surface area contributed by atoms with Crippen LogP contribution in [0.1, 0.15) is 21.6 Å². The van der Waals surface area contributed by atoms with Crippen molar-refractivity contribution in [3.05, 3.63) is 70.7 Å². The van der Waals surface area contributed by atoms with E-state index in [1.165, 1.54) is 22.5 Å². The van der Waals surface area contributed by atoms with Gasteiger partial charge in [0.15, 0.2) is 0 Å². The fraction of sp³-hybridized carbons (Fsp3) is 0.200. The third-order valence-electron chi connectivity index (χ3n) is 4.48. The first-order valence-corrected chi connectivity index (χ1v) is 9.08. The van der Waals surface area contributed by atoms with E-state index in [-0.39, 0.29) is 5.91 Å². The number of aromatic nitrogens is 1. The Kier molecular flexibility index (Phi) is 4.24. The molecular weight excluding hydrogens is 332 g/mol. The van der Waals surface area contributed by atoms with Crippen molar-refractivity contribution >= 4 is 17.2 Å². The van der Waals surface area contributed by atoms with Crippen LogP contribution in [0, 0.1) is 0 Å². The fourth-order valence-electron chi connectivity index (χ4n) is 3.07. The Balaban J connectivity index is 1.53. The van der Waals surface area contributed by atoms with Crippen molar-refractivity contribution < 1.29 is 9.53 Å². The zero-order valence-electron chi connectivity index (χ0n) is 13.9. The van der Waals surface area contributed by atoms with Crippen molar-refractivity contribution in [2.24, 2.45) is 0 Å². The number of carbonyl (C=O) groups excluding carboxylic acids is 1. The van der Waals surface area contributed by atoms with Crippen LogP contribution in [0.15, 0.2) is 53.9 Å². The molecule has 0 spiro atoms. The number of benzene rings is 2. The maximum absolute atomic E-state index is 12.8. The summed E-state index contributed by atoms with van der Waals surface area (Å²) in [5.74, 6) is 0.814. The SMILES string of the molecule is COc1ccc(-c2nc(C(=O)N3CCc4ccccc4C3)cs2)cc1. The Hall–Kier alpha value is -2.66. The minimum absolute atomic E-state index is 0.00511. The summed E-state index contributed by atoms with van der Waals surface area (Å²) in [5.41, 5.74) is 4.08. The quantitative estimate of drug-likeness (QED) is 0.716. The molecule has 1 aromatic heterocycles. The standard InChI is InChI=1S/C20H18N2O2S/c1-24-17-8-6-15(7-9-17)19-21-18(13-25-19)20(23)22-11-10-14-4-2-3-5-16(14)12-22/h2-9,13H,10-12H2,1H3. The molecule has 1 aliphatic heterocycles. The van der Waals surface area contributed by atoms with E-state index < -0.39 is 0 Å². The first-order chi connectivity index (χ1) is 12.2. The van der Waals surface area contributed by atoms with Gasteiger partial charge in [0.2, 0.25) is 0 Å². The number of hydrogen-bond acceptors (Lipinski definition) is 4. The molecule has 0 saturated carbocycles. The van der Waals surface area contributed by atoms with Crippen LogP contribution in [-0.4, -0.2) is 29.4 Å². The lowest BCUT2D eigenvalue weighted by atomic mass is 10.00. The molecule has 0 bridgehead atoms. The van der Waals surface area contributed by atoms with Gasteiger partial charge in [0.25, 0.3) is 5.91 Å². The second kappa shape index (κ2) is 6.69. The third kappa shape index (κ3) is 3.15. The topological polar surface area (TPSA) is 42.4 Å². The van der Waals surface area contributed by atoms with E-state index in [9.17, 15) is 4.79 Å². The number of amides is 1. The number of fused-ring (bicyclic) bond motifs is 1. The lowest BCUT2D eigenvalue weighted by Gasteiger charge is -2.28. The molecule has 1 amide bonds. The number of rotatable bonds is 3. The van der Waals surface area contributed by atoms with Gasteiger partial charge in [-0.05, 0) is 41.8 Å². The summed E-state index contributed by atoms with van der Waals surface area (Å²) in [7, 11) is 1.64. The molecule has 0 unspecified atom stereocenters. The molecule has 0 N–H and O–H groups in total. The van der Waals surface area contributed by atoms with Crippen molar-refractivity contribution in [2.45, 2.75) is 13.0 Å². The summed E-state index contributed by atoms with van der Waals surface area (Å²) in [6.45, 7) is 1.40. The van der Waals surface area contributed by atoms with Gasteiger partial charge < -0.3 is 9.64 Å². The summed E-state index contributed by atoms with van der Waals surface area (Å²) < 4.78 is 5.18. The predicted molar refractivity (Wildman–Crippen MR) is 99.0 cm³/mol. The first-order valence-electron chi connectivity index (χ1n) is 8.20. The number of methoxy groups -OCH3 is 1. The van der Waals surface area contributed by atoms with Crippen LogP contribution in [0.2, 0.25) is 0 Å². The van der Waals surface area contributed by atoms with Crippen LogP contribution in [0.3, 0.4) is 0 Å². The van der Waals surface area contributed by atoms with Gasteiger partial charge >= 0.3 is 0 Å². The summed E-state index contributed by atoms with van der Waals surface area (Å²) in [6, 6.07) is 16.0. The van der Waals surface area contributed by atoms with Crippen molar-refractivity contribution in [2.75, 3.05) is 13.7 Å². The molecular formula is C20H18N2O2S. The molecule has 1 aliphatic rings. The molecule has 3 aromatic rings. The van der Waals surface area contributed by atoms with Gasteiger partial charge in [0, 0.05) is 24.0 Å². The van der Waals surface area contributed by atoms with Gasteiger partial charge in [-0.3, -0.25) is 4.79 Å². The Morgan fingerprint density at radius 1 is 1.12 bits per heavy atom. The van der Waals surface area contributed by atoms with E-state index in [0.717, 1.165) is 29.3 Å². The zero-order chi connectivity index (χ0) is 17.2. The summed E-state index contributed by atoms with van der Waals surface area (Å²) in [5, 5.41) is 2.70. The smallest absolute Gasteiger partial charge is 0.273 e. The van der Waals surface area contributed by atoms with Crippen LogP contribution in [0.4, 0.5) is 0 Å². The van der Waals surface area contributed by atoms with Gasteiger partial charge in [-0.2, -0.15) is 0 Å². The van der Waals surface area contributed by atoms with Gasteiger partial charge in [-0.15, -0.1) is 11.3 Å². The molecule has 25 heavy (non-hydrogen) atoms. The van der Waals surface area contributed by atoms with Crippen LogP contribution < -0.4 is 4.74 Å². The first kappa shape index (κ1) is 15.8. The van der Waals surface area contributed by atoms with Crippen molar-refractivity contribution in [3.8, 4) is 16.3 Å². The molecule has 0 saturated heterocycles. The normalized spacial score (nSPS) is 13.4. The third-order valence-corrected chi connectivity index (χ3v) is 5.37. The molecule has 126 valence electrons. The van der Waals surface area contributed by atoms with E-state index >= 15 is 0 Å². The van der Waals surface area contributed by atoms with Gasteiger partial charge in [0.05, 0.1) is 7.11 Å². The second-order valence-corrected chi connectivity index (χ2v) is 6.87. The summed E-state index contributed by atoms with van der Waals surface area (Å²) in [6.07, 6.45) is 0.900. The van der Waals surface area contributed by atoms with Gasteiger partial charge in [0.1, 0.15) is 16.5 Å². The van der Waals surface area contributed by atoms with E-state index in [4.69, 9.17) is 4.74 Å². The van der Waals surface area contributed by atoms with Crippen molar-refractivity contribution in [1.82, 2.24) is 9.88 Å². The minimum Gasteiger partial charge on any atom is -0.497 e. The highest BCUT2D eigenvalue weighted by molar-refractivity contribution is 7.13. The van der Waals surface area contributed by atoms with E-state index in [1.807, 2.05) is 40.6 Å². The zero-order valence-corrected chi connectivity index (χ0v) is 14.8. The Morgan fingerprint density at radius 2 is 1.88 bits per heavy atom. The van der Waals surface area contributed by atoms with Gasteiger partial charge in [-0.1, -0.05) is 24.3 Å². The molecule has 0 radical (unpaired) electrons. The lowest BCUT2D eigenvalue weighted by molar-refractivity contribution is 0.0729. The molecule has 5 heteroatoms. The van der Waals surface area contributed by atoms with Crippen molar-refractivity contribution in [3.63, 3.8) is 0 Å². The molecule has 0 aliphatic carbocycles. The maximum atomic E-state index is 12.8. The number of hydrogen-bond donors (Lipinski definition) is 0. The number of ether oxygens (including phenoxy) is 1. The highest BCUT2D eigenvalue weighted by Crippen LogP contribution is 2.27. The second-order valence-electron chi connectivity index (χ2n) is 6.01. The van der Waals surface area contributed by atoms with Crippen LogP contribution in [0.5, 0.6) is 5.75 Å². The summed E-state index contributed by atoms with van der Waals surface area (Å²) in [4.78, 5) is 19.2. The highest BCUT2D eigenvalue weighted by atomic mass is 32.1. The van der Waals surface area contributed by atoms with Crippen LogP contribution >= 0.6 is 11.3 Å². The molecule has 0 atom stereocenters. The molecule has 4 nitrogen and oxygen atoms in total. The molecule has 2 aromatic carbocycles. The average Bonchev–Trinajstić information content (AvgIpc) is 3.17. The average molecular weight is 350 g/mol. The van der Waals surface area contributed by atoms with E-state index in [0.29, 0.717) is 12.2 Å². The lowest BCUT2D eigenvalue weighted by Crippen LogP contribution is -2.36. The Labute approximate surface area is 150 Å². The van der Waals surface area contributed by atoms with E-state index in [2.05, 4.69) is 23.2 Å². The van der Waals surface area contributed by atoms with E-state index in [1.54, 1.807) is 7.11 Å². The minimum atomic E-state index is 0.00511. The van der Waals surface area contributed by atoms with Crippen LogP contribution in [0.25, 0.3) is 10.6 Å². The Bertz CT molecular complexity index is 902. The fourth-order valence-corrected chi connectivity index (χ4v) is 3.87. The number of nitrogens with zero attached hydrogens (tertiary/aromatic N) is 2. The largest absolute Gasteiger partial charge is 0.497 e. The predicted octanol–water partition coefficient (Wildman–Crippen LogP) is 4.02. The number of thiazole rings is 1. The van der Waals surface area contributed by atoms with Gasteiger partial charge in [-0.25, -0.2) is 4.98 Å². The van der Waals surface area contributed by atoms with Crippen LogP contribution in [-0.2, 0) is 13.0 Å². The van der Waals surface area contributed by atoms with Crippen molar-refractivity contribution in [1.29, 1.82) is 0 Å². The summed E-state index contributed by atoms with van der Waals surface area (Å²) >= 11 is 1.49. The number of carbonyl (C=O) groups is 1. The monoisotopic (exact) mass is 350 g/mol.